The third-order valence-corrected chi connectivity index (χ3v) is 3.94. The fraction of sp³-hybridized carbons (Fsp3) is 0.250. The van der Waals surface area contributed by atoms with E-state index in [1.807, 2.05) is 49.5 Å². The summed E-state index contributed by atoms with van der Waals surface area (Å²) in [7, 11) is 2.04. The van der Waals surface area contributed by atoms with Crippen molar-refractivity contribution < 1.29 is 5.11 Å². The van der Waals surface area contributed by atoms with Gasteiger partial charge in [-0.25, -0.2) is 0 Å². The molecule has 0 aliphatic heterocycles. The minimum absolute atomic E-state index is 0.460. The van der Waals surface area contributed by atoms with Gasteiger partial charge in [0.05, 0.1) is 6.10 Å². The lowest BCUT2D eigenvalue weighted by atomic mass is 10.1. The molecule has 0 saturated carbocycles. The number of rotatable bonds is 4. The Morgan fingerprint density at radius 2 is 1.74 bits per heavy atom. The minimum atomic E-state index is -0.460. The predicted octanol–water partition coefficient (Wildman–Crippen LogP) is 4.14. The fourth-order valence-corrected chi connectivity index (χ4v) is 2.57. The number of aliphatic hydroxyl groups is 1. The molecule has 1 unspecified atom stereocenters. The van der Waals surface area contributed by atoms with Crippen molar-refractivity contribution in [2.75, 3.05) is 11.9 Å². The lowest BCUT2D eigenvalue weighted by molar-refractivity contribution is 0.199. The van der Waals surface area contributed by atoms with Crippen molar-refractivity contribution in [2.45, 2.75) is 19.6 Å². The second kappa shape index (κ2) is 6.22. The van der Waals surface area contributed by atoms with Gasteiger partial charge >= 0.3 is 0 Å². The second-order valence-corrected chi connectivity index (χ2v) is 5.54. The highest BCUT2D eigenvalue weighted by molar-refractivity contribution is 9.10. The van der Waals surface area contributed by atoms with E-state index in [9.17, 15) is 5.11 Å². The van der Waals surface area contributed by atoms with Crippen LogP contribution in [0.15, 0.2) is 53.0 Å². The number of hydrogen-bond donors (Lipinski definition) is 1. The number of halogens is 1. The van der Waals surface area contributed by atoms with Gasteiger partial charge in [0.1, 0.15) is 0 Å². The standard InChI is InChI=1S/C16H18BrNO/c1-12(19)14-8-4-6-10-16(14)18(2)11-13-7-3-5-9-15(13)17/h3-10,12,19H,11H2,1-2H3. The molecule has 0 amide bonds. The van der Waals surface area contributed by atoms with Crippen LogP contribution in [0.1, 0.15) is 24.2 Å². The molecular weight excluding hydrogens is 302 g/mol. The molecule has 0 radical (unpaired) electrons. The zero-order chi connectivity index (χ0) is 13.8. The number of hydrogen-bond acceptors (Lipinski definition) is 2. The van der Waals surface area contributed by atoms with Crippen molar-refractivity contribution in [3.05, 3.63) is 64.1 Å². The van der Waals surface area contributed by atoms with Gasteiger partial charge in [-0.3, -0.25) is 0 Å². The van der Waals surface area contributed by atoms with Gasteiger partial charge in [0.15, 0.2) is 0 Å². The van der Waals surface area contributed by atoms with Crippen LogP contribution in [0.4, 0.5) is 5.69 Å². The van der Waals surface area contributed by atoms with Crippen molar-refractivity contribution in [2.24, 2.45) is 0 Å². The van der Waals surface area contributed by atoms with E-state index < -0.39 is 6.10 Å². The molecule has 0 spiro atoms. The van der Waals surface area contributed by atoms with Crippen LogP contribution >= 0.6 is 15.9 Å². The lowest BCUT2D eigenvalue weighted by Gasteiger charge is -2.24. The maximum Gasteiger partial charge on any atom is 0.0781 e. The Morgan fingerprint density at radius 3 is 2.42 bits per heavy atom. The highest BCUT2D eigenvalue weighted by Crippen LogP contribution is 2.27. The third-order valence-electron chi connectivity index (χ3n) is 3.16. The lowest BCUT2D eigenvalue weighted by Crippen LogP contribution is -2.18. The first-order chi connectivity index (χ1) is 9.09. The number of nitrogens with zero attached hydrogens (tertiary/aromatic N) is 1. The molecule has 0 saturated heterocycles. The first-order valence-corrected chi connectivity index (χ1v) is 7.10. The van der Waals surface area contributed by atoms with Crippen molar-refractivity contribution in [1.82, 2.24) is 0 Å². The fourth-order valence-electron chi connectivity index (χ4n) is 2.16. The van der Waals surface area contributed by atoms with Gasteiger partial charge in [0, 0.05) is 29.3 Å². The summed E-state index contributed by atoms with van der Waals surface area (Å²) in [5.41, 5.74) is 3.25. The Balaban J connectivity index is 2.26. The van der Waals surface area contributed by atoms with E-state index in [0.717, 1.165) is 22.3 Å². The minimum Gasteiger partial charge on any atom is -0.389 e. The molecule has 19 heavy (non-hydrogen) atoms. The van der Waals surface area contributed by atoms with Gasteiger partial charge in [0.2, 0.25) is 0 Å². The maximum atomic E-state index is 9.84. The monoisotopic (exact) mass is 319 g/mol. The maximum absolute atomic E-state index is 9.84. The van der Waals surface area contributed by atoms with Crippen molar-refractivity contribution in [1.29, 1.82) is 0 Å². The Morgan fingerprint density at radius 1 is 1.11 bits per heavy atom. The van der Waals surface area contributed by atoms with Crippen molar-refractivity contribution in [3.8, 4) is 0 Å². The van der Waals surface area contributed by atoms with Gasteiger partial charge in [-0.1, -0.05) is 52.3 Å². The highest BCUT2D eigenvalue weighted by Gasteiger charge is 2.11. The van der Waals surface area contributed by atoms with Gasteiger partial charge < -0.3 is 10.0 Å². The Kier molecular flexibility index (Phi) is 4.61. The van der Waals surface area contributed by atoms with Crippen LogP contribution in [0.3, 0.4) is 0 Å². The number of benzene rings is 2. The van der Waals surface area contributed by atoms with Crippen molar-refractivity contribution >= 4 is 21.6 Å². The van der Waals surface area contributed by atoms with E-state index >= 15 is 0 Å². The Bertz CT molecular complexity index is 554. The molecule has 0 aliphatic carbocycles. The molecule has 2 nitrogen and oxygen atoms in total. The molecule has 3 heteroatoms. The van der Waals surface area contributed by atoms with Crippen LogP contribution in [-0.4, -0.2) is 12.2 Å². The molecule has 0 fully saturated rings. The Labute approximate surface area is 122 Å². The van der Waals surface area contributed by atoms with Gasteiger partial charge in [-0.2, -0.15) is 0 Å². The van der Waals surface area contributed by atoms with Crippen molar-refractivity contribution in [3.63, 3.8) is 0 Å². The predicted molar refractivity (Wildman–Crippen MR) is 83.3 cm³/mol. The molecule has 2 aromatic rings. The third kappa shape index (κ3) is 3.37. The average molecular weight is 320 g/mol. The molecule has 100 valence electrons. The van der Waals surface area contributed by atoms with E-state index in [1.165, 1.54) is 5.56 Å². The van der Waals surface area contributed by atoms with E-state index in [-0.39, 0.29) is 0 Å². The largest absolute Gasteiger partial charge is 0.389 e. The topological polar surface area (TPSA) is 23.5 Å². The zero-order valence-corrected chi connectivity index (χ0v) is 12.8. The van der Waals surface area contributed by atoms with Gasteiger partial charge in [-0.05, 0) is 24.6 Å². The van der Waals surface area contributed by atoms with Crippen LogP contribution in [0.5, 0.6) is 0 Å². The smallest absolute Gasteiger partial charge is 0.0781 e. The van der Waals surface area contributed by atoms with E-state index in [4.69, 9.17) is 0 Å². The summed E-state index contributed by atoms with van der Waals surface area (Å²) in [6.07, 6.45) is -0.460. The van der Waals surface area contributed by atoms with Crippen LogP contribution in [-0.2, 0) is 6.54 Å². The summed E-state index contributed by atoms with van der Waals surface area (Å²) in [6, 6.07) is 16.2. The summed E-state index contributed by atoms with van der Waals surface area (Å²) in [6.45, 7) is 2.59. The SMILES string of the molecule is CC(O)c1ccccc1N(C)Cc1ccccc1Br. The molecular formula is C16H18BrNO. The molecule has 1 N–H and O–H groups in total. The summed E-state index contributed by atoms with van der Waals surface area (Å²) in [5, 5.41) is 9.84. The van der Waals surface area contributed by atoms with E-state index in [2.05, 4.69) is 26.9 Å². The highest BCUT2D eigenvalue weighted by atomic mass is 79.9. The van der Waals surface area contributed by atoms with Crippen LogP contribution in [0.25, 0.3) is 0 Å². The molecule has 2 rings (SSSR count). The van der Waals surface area contributed by atoms with Crippen LogP contribution in [0.2, 0.25) is 0 Å². The summed E-state index contributed by atoms with van der Waals surface area (Å²) < 4.78 is 1.11. The molecule has 0 aromatic heterocycles. The summed E-state index contributed by atoms with van der Waals surface area (Å²) in [4.78, 5) is 2.15. The quantitative estimate of drug-likeness (QED) is 0.915. The summed E-state index contributed by atoms with van der Waals surface area (Å²) in [5.74, 6) is 0. The summed E-state index contributed by atoms with van der Waals surface area (Å²) >= 11 is 3.57. The molecule has 2 aromatic carbocycles. The number of aliphatic hydroxyl groups excluding tert-OH is 1. The Hall–Kier alpha value is -1.32. The van der Waals surface area contributed by atoms with E-state index in [1.54, 1.807) is 6.92 Å². The zero-order valence-electron chi connectivity index (χ0n) is 11.2. The molecule has 1 atom stereocenters. The molecule has 0 aliphatic rings. The normalized spacial score (nSPS) is 12.2. The van der Waals surface area contributed by atoms with Gasteiger partial charge in [0.25, 0.3) is 0 Å². The first kappa shape index (κ1) is 14.1. The number of para-hydroxylation sites is 1. The second-order valence-electron chi connectivity index (χ2n) is 4.68. The van der Waals surface area contributed by atoms with Crippen LogP contribution < -0.4 is 4.90 Å². The number of anilines is 1. The van der Waals surface area contributed by atoms with E-state index in [0.29, 0.717) is 0 Å². The molecule has 0 bridgehead atoms. The van der Waals surface area contributed by atoms with Crippen LogP contribution in [0, 0.1) is 0 Å². The molecule has 0 heterocycles. The average Bonchev–Trinajstić information content (AvgIpc) is 2.41. The van der Waals surface area contributed by atoms with Gasteiger partial charge in [-0.15, -0.1) is 0 Å². The first-order valence-electron chi connectivity index (χ1n) is 6.31.